The summed E-state index contributed by atoms with van der Waals surface area (Å²) in [7, 11) is 1.89. The van der Waals surface area contributed by atoms with Gasteiger partial charge in [0, 0.05) is 26.1 Å². The summed E-state index contributed by atoms with van der Waals surface area (Å²) in [6, 6.07) is 0.543. The molecule has 0 spiro atoms. The number of hydrogen-bond donors (Lipinski definition) is 2. The number of amides is 1. The van der Waals surface area contributed by atoms with Crippen LogP contribution in [-0.2, 0) is 4.79 Å². The molecular formula is C14H26N2O2. The molecule has 0 aromatic carbocycles. The Morgan fingerprint density at radius 3 is 2.78 bits per heavy atom. The van der Waals surface area contributed by atoms with Crippen LogP contribution in [0.15, 0.2) is 0 Å². The minimum atomic E-state index is -0.120. The van der Waals surface area contributed by atoms with Gasteiger partial charge in [0.1, 0.15) is 0 Å². The standard InChI is InChI=1S/C14H26N2O2/c1-16(10-11-8-13(17)9-11)14(18)6-5-12-4-2-3-7-15-12/h11-13,15,17H,2-10H2,1H3. The number of rotatable bonds is 5. The molecule has 0 aromatic rings. The third kappa shape index (κ3) is 3.95. The van der Waals surface area contributed by atoms with Gasteiger partial charge in [0.2, 0.25) is 5.91 Å². The Labute approximate surface area is 110 Å². The lowest BCUT2D eigenvalue weighted by Crippen LogP contribution is -2.40. The highest BCUT2D eigenvalue weighted by atomic mass is 16.3. The molecule has 4 nitrogen and oxygen atoms in total. The van der Waals surface area contributed by atoms with E-state index in [0.717, 1.165) is 32.4 Å². The molecule has 1 saturated carbocycles. The number of nitrogens with zero attached hydrogens (tertiary/aromatic N) is 1. The zero-order chi connectivity index (χ0) is 13.0. The van der Waals surface area contributed by atoms with E-state index in [4.69, 9.17) is 0 Å². The van der Waals surface area contributed by atoms with Crippen LogP contribution in [0, 0.1) is 5.92 Å². The molecule has 1 aliphatic heterocycles. The fourth-order valence-electron chi connectivity index (χ4n) is 3.00. The number of carbonyl (C=O) groups is 1. The van der Waals surface area contributed by atoms with Crippen molar-refractivity contribution in [3.05, 3.63) is 0 Å². The average Bonchev–Trinajstić information content (AvgIpc) is 2.35. The Hall–Kier alpha value is -0.610. The molecule has 104 valence electrons. The average molecular weight is 254 g/mol. The van der Waals surface area contributed by atoms with Gasteiger partial charge in [-0.2, -0.15) is 0 Å². The number of aliphatic hydroxyl groups is 1. The Kier molecular flexibility index (Phi) is 5.01. The molecule has 1 heterocycles. The second kappa shape index (κ2) is 6.53. The summed E-state index contributed by atoms with van der Waals surface area (Å²) in [5.74, 6) is 0.769. The van der Waals surface area contributed by atoms with E-state index >= 15 is 0 Å². The first-order chi connectivity index (χ1) is 8.65. The molecule has 2 N–H and O–H groups in total. The lowest BCUT2D eigenvalue weighted by Gasteiger charge is -2.34. The number of piperidine rings is 1. The van der Waals surface area contributed by atoms with Crippen LogP contribution in [0.3, 0.4) is 0 Å². The van der Waals surface area contributed by atoms with E-state index in [1.807, 2.05) is 11.9 Å². The first-order valence-electron chi connectivity index (χ1n) is 7.30. The van der Waals surface area contributed by atoms with Crippen molar-refractivity contribution in [1.82, 2.24) is 10.2 Å². The number of nitrogens with one attached hydrogen (secondary N) is 1. The molecule has 1 unspecified atom stereocenters. The maximum atomic E-state index is 12.0. The maximum Gasteiger partial charge on any atom is 0.222 e. The van der Waals surface area contributed by atoms with Gasteiger partial charge in [-0.3, -0.25) is 4.79 Å². The number of carbonyl (C=O) groups excluding carboxylic acids is 1. The van der Waals surface area contributed by atoms with Crippen molar-refractivity contribution in [2.24, 2.45) is 5.92 Å². The molecule has 2 rings (SSSR count). The van der Waals surface area contributed by atoms with Crippen LogP contribution in [0.5, 0.6) is 0 Å². The fourth-order valence-corrected chi connectivity index (χ4v) is 3.00. The lowest BCUT2D eigenvalue weighted by molar-refractivity contribution is -0.131. The normalized spacial score (nSPS) is 31.8. The first-order valence-corrected chi connectivity index (χ1v) is 7.30. The van der Waals surface area contributed by atoms with E-state index in [1.165, 1.54) is 19.3 Å². The molecule has 0 bridgehead atoms. The quantitative estimate of drug-likeness (QED) is 0.773. The second-order valence-electron chi connectivity index (χ2n) is 5.95. The molecule has 1 atom stereocenters. The molecule has 1 amide bonds. The topological polar surface area (TPSA) is 52.6 Å². The maximum absolute atomic E-state index is 12.0. The van der Waals surface area contributed by atoms with Crippen molar-refractivity contribution in [3.63, 3.8) is 0 Å². The van der Waals surface area contributed by atoms with Gasteiger partial charge in [0.05, 0.1) is 6.10 Å². The van der Waals surface area contributed by atoms with Crippen molar-refractivity contribution in [2.45, 2.75) is 57.1 Å². The summed E-state index contributed by atoms with van der Waals surface area (Å²) in [5.41, 5.74) is 0. The van der Waals surface area contributed by atoms with Gasteiger partial charge < -0.3 is 15.3 Å². The van der Waals surface area contributed by atoms with Gasteiger partial charge in [-0.05, 0) is 44.6 Å². The Bertz CT molecular complexity index is 271. The molecule has 0 radical (unpaired) electrons. The van der Waals surface area contributed by atoms with Gasteiger partial charge in [0.25, 0.3) is 0 Å². The van der Waals surface area contributed by atoms with Crippen LogP contribution in [0.25, 0.3) is 0 Å². The largest absolute Gasteiger partial charge is 0.393 e. The summed E-state index contributed by atoms with van der Waals surface area (Å²) in [6.07, 6.45) is 7.01. The summed E-state index contributed by atoms with van der Waals surface area (Å²) < 4.78 is 0. The summed E-state index contributed by atoms with van der Waals surface area (Å²) in [4.78, 5) is 13.8. The molecule has 1 aliphatic carbocycles. The zero-order valence-electron chi connectivity index (χ0n) is 11.4. The van der Waals surface area contributed by atoms with E-state index in [1.54, 1.807) is 0 Å². The van der Waals surface area contributed by atoms with Crippen molar-refractivity contribution in [1.29, 1.82) is 0 Å². The Balaban J connectivity index is 1.61. The predicted octanol–water partition coefficient (Wildman–Crippen LogP) is 1.14. The smallest absolute Gasteiger partial charge is 0.222 e. The molecule has 1 saturated heterocycles. The molecule has 2 aliphatic rings. The van der Waals surface area contributed by atoms with Crippen LogP contribution in [0.2, 0.25) is 0 Å². The van der Waals surface area contributed by atoms with E-state index in [-0.39, 0.29) is 12.0 Å². The second-order valence-corrected chi connectivity index (χ2v) is 5.95. The Morgan fingerprint density at radius 2 is 2.17 bits per heavy atom. The molecule has 18 heavy (non-hydrogen) atoms. The van der Waals surface area contributed by atoms with Gasteiger partial charge in [-0.15, -0.1) is 0 Å². The third-order valence-corrected chi connectivity index (χ3v) is 4.29. The highest BCUT2D eigenvalue weighted by Crippen LogP contribution is 2.27. The van der Waals surface area contributed by atoms with Crippen LogP contribution in [0.1, 0.15) is 44.9 Å². The van der Waals surface area contributed by atoms with E-state index in [2.05, 4.69) is 5.32 Å². The van der Waals surface area contributed by atoms with E-state index in [0.29, 0.717) is 18.4 Å². The zero-order valence-corrected chi connectivity index (χ0v) is 11.4. The van der Waals surface area contributed by atoms with Crippen molar-refractivity contribution in [3.8, 4) is 0 Å². The number of hydrogen-bond acceptors (Lipinski definition) is 3. The van der Waals surface area contributed by atoms with Crippen LogP contribution < -0.4 is 5.32 Å². The monoisotopic (exact) mass is 254 g/mol. The highest BCUT2D eigenvalue weighted by molar-refractivity contribution is 5.75. The summed E-state index contributed by atoms with van der Waals surface area (Å²) in [6.45, 7) is 1.92. The van der Waals surface area contributed by atoms with Crippen LogP contribution in [-0.4, -0.2) is 48.2 Å². The number of aliphatic hydroxyl groups excluding tert-OH is 1. The van der Waals surface area contributed by atoms with Gasteiger partial charge in [0.15, 0.2) is 0 Å². The van der Waals surface area contributed by atoms with Crippen LogP contribution >= 0.6 is 0 Å². The lowest BCUT2D eigenvalue weighted by atomic mass is 9.82. The SMILES string of the molecule is CN(CC1CC(O)C1)C(=O)CCC1CCCCN1. The van der Waals surface area contributed by atoms with Crippen LogP contribution in [0.4, 0.5) is 0 Å². The van der Waals surface area contributed by atoms with Gasteiger partial charge >= 0.3 is 0 Å². The minimum Gasteiger partial charge on any atom is -0.393 e. The van der Waals surface area contributed by atoms with Gasteiger partial charge in [-0.25, -0.2) is 0 Å². The first kappa shape index (κ1) is 13.8. The molecule has 0 aromatic heterocycles. The molecule has 2 fully saturated rings. The highest BCUT2D eigenvalue weighted by Gasteiger charge is 2.29. The van der Waals surface area contributed by atoms with E-state index < -0.39 is 0 Å². The minimum absolute atomic E-state index is 0.120. The predicted molar refractivity (Wildman–Crippen MR) is 71.2 cm³/mol. The fraction of sp³-hybridized carbons (Fsp3) is 0.929. The third-order valence-electron chi connectivity index (χ3n) is 4.29. The van der Waals surface area contributed by atoms with Gasteiger partial charge in [-0.1, -0.05) is 6.42 Å². The summed E-state index contributed by atoms with van der Waals surface area (Å²) in [5, 5.41) is 12.7. The van der Waals surface area contributed by atoms with Crippen molar-refractivity contribution >= 4 is 5.91 Å². The molecular weight excluding hydrogens is 228 g/mol. The molecule has 4 heteroatoms. The Morgan fingerprint density at radius 1 is 1.39 bits per heavy atom. The summed E-state index contributed by atoms with van der Waals surface area (Å²) >= 11 is 0. The van der Waals surface area contributed by atoms with Crippen molar-refractivity contribution < 1.29 is 9.90 Å². The van der Waals surface area contributed by atoms with Crippen molar-refractivity contribution in [2.75, 3.05) is 20.1 Å². The van der Waals surface area contributed by atoms with E-state index in [9.17, 15) is 9.90 Å².